The molecule has 0 aromatic rings. The Morgan fingerprint density at radius 1 is 1.26 bits per heavy atom. The SMILES string of the molecule is CN(C)C1(CNC(=O)C2=NN([C@@H]3CCS(=O)(=O)C3)C(=O)CC2)CCCCC1. The largest absolute Gasteiger partial charge is 0.349 e. The molecule has 2 amide bonds. The summed E-state index contributed by atoms with van der Waals surface area (Å²) in [7, 11) is 0.987. The second kappa shape index (κ2) is 7.87. The van der Waals surface area contributed by atoms with Crippen LogP contribution in [-0.4, -0.2) is 79.6 Å². The maximum absolute atomic E-state index is 12.7. The molecular formula is C18H30N4O4S. The third-order valence-corrected chi connectivity index (χ3v) is 7.94. The van der Waals surface area contributed by atoms with Crippen LogP contribution in [0.15, 0.2) is 5.10 Å². The van der Waals surface area contributed by atoms with Crippen LogP contribution in [0.2, 0.25) is 0 Å². The van der Waals surface area contributed by atoms with E-state index >= 15 is 0 Å². The first-order valence-corrected chi connectivity index (χ1v) is 11.6. The number of rotatable bonds is 5. The summed E-state index contributed by atoms with van der Waals surface area (Å²) in [5, 5.41) is 8.51. The number of amides is 2. The van der Waals surface area contributed by atoms with Gasteiger partial charge in [-0.25, -0.2) is 13.4 Å². The predicted molar refractivity (Wildman–Crippen MR) is 103 cm³/mol. The lowest BCUT2D eigenvalue weighted by molar-refractivity contribution is -0.133. The van der Waals surface area contributed by atoms with Crippen molar-refractivity contribution in [1.82, 2.24) is 15.2 Å². The van der Waals surface area contributed by atoms with Crippen LogP contribution in [0, 0.1) is 0 Å². The van der Waals surface area contributed by atoms with Crippen molar-refractivity contribution in [2.45, 2.75) is 62.9 Å². The van der Waals surface area contributed by atoms with Gasteiger partial charge in [0, 0.05) is 24.9 Å². The maximum atomic E-state index is 12.7. The van der Waals surface area contributed by atoms with E-state index in [0.717, 1.165) is 25.7 Å². The highest BCUT2D eigenvalue weighted by atomic mass is 32.2. The monoisotopic (exact) mass is 398 g/mol. The normalized spacial score (nSPS) is 27.5. The van der Waals surface area contributed by atoms with Crippen molar-refractivity contribution in [3.05, 3.63) is 0 Å². The molecule has 0 radical (unpaired) electrons. The lowest BCUT2D eigenvalue weighted by Crippen LogP contribution is -2.55. The zero-order chi connectivity index (χ0) is 19.7. The number of carbonyl (C=O) groups is 2. The Bertz CT molecular complexity index is 726. The zero-order valence-electron chi connectivity index (χ0n) is 16.2. The number of likely N-dealkylation sites (N-methyl/N-ethyl adjacent to an activating group) is 1. The van der Waals surface area contributed by atoms with Crippen LogP contribution in [-0.2, 0) is 19.4 Å². The molecule has 1 atom stereocenters. The summed E-state index contributed by atoms with van der Waals surface area (Å²) < 4.78 is 23.4. The van der Waals surface area contributed by atoms with E-state index in [1.165, 1.54) is 11.4 Å². The minimum absolute atomic E-state index is 0.0296. The molecule has 8 nitrogen and oxygen atoms in total. The van der Waals surface area contributed by atoms with Crippen LogP contribution in [0.3, 0.4) is 0 Å². The van der Waals surface area contributed by atoms with Gasteiger partial charge in [-0.1, -0.05) is 19.3 Å². The summed E-state index contributed by atoms with van der Waals surface area (Å²) in [6.45, 7) is 0.559. The molecule has 0 spiro atoms. The van der Waals surface area contributed by atoms with Gasteiger partial charge in [-0.05, 0) is 33.4 Å². The molecule has 27 heavy (non-hydrogen) atoms. The molecule has 0 aromatic heterocycles. The van der Waals surface area contributed by atoms with Gasteiger partial charge < -0.3 is 10.2 Å². The fraction of sp³-hybridized carbons (Fsp3) is 0.833. The Kier molecular flexibility index (Phi) is 5.90. The third kappa shape index (κ3) is 4.51. The predicted octanol–water partition coefficient (Wildman–Crippen LogP) is 0.533. The zero-order valence-corrected chi connectivity index (χ0v) is 17.1. The molecule has 2 fully saturated rings. The van der Waals surface area contributed by atoms with E-state index in [4.69, 9.17) is 0 Å². The Labute approximate surface area is 161 Å². The summed E-state index contributed by atoms with van der Waals surface area (Å²) >= 11 is 0. The van der Waals surface area contributed by atoms with Crippen LogP contribution in [0.4, 0.5) is 0 Å². The van der Waals surface area contributed by atoms with E-state index in [0.29, 0.717) is 25.1 Å². The minimum Gasteiger partial charge on any atom is -0.349 e. The van der Waals surface area contributed by atoms with Gasteiger partial charge in [0.25, 0.3) is 5.91 Å². The van der Waals surface area contributed by atoms with Crippen molar-refractivity contribution >= 4 is 27.4 Å². The molecule has 3 rings (SSSR count). The van der Waals surface area contributed by atoms with Crippen LogP contribution in [0.5, 0.6) is 0 Å². The molecule has 0 bridgehead atoms. The molecule has 1 saturated carbocycles. The van der Waals surface area contributed by atoms with Crippen molar-refractivity contribution in [2.75, 3.05) is 32.1 Å². The maximum Gasteiger partial charge on any atom is 0.267 e. The topological polar surface area (TPSA) is 99.2 Å². The van der Waals surface area contributed by atoms with E-state index in [2.05, 4.69) is 29.4 Å². The standard InChI is InChI=1S/C18H30N4O4S/c1-21(2)18(9-4-3-5-10-18)13-19-17(24)15-6-7-16(23)22(20-15)14-8-11-27(25,26)12-14/h14H,3-13H2,1-2H3,(H,19,24)/t14-/m1/s1. The van der Waals surface area contributed by atoms with Gasteiger partial charge in [0.15, 0.2) is 9.84 Å². The van der Waals surface area contributed by atoms with E-state index in [9.17, 15) is 18.0 Å². The highest BCUT2D eigenvalue weighted by Gasteiger charge is 2.38. The average molecular weight is 399 g/mol. The first-order valence-electron chi connectivity index (χ1n) is 9.78. The fourth-order valence-corrected chi connectivity index (χ4v) is 6.02. The summed E-state index contributed by atoms with van der Waals surface area (Å²) in [4.78, 5) is 27.1. The van der Waals surface area contributed by atoms with E-state index in [1.807, 2.05) is 0 Å². The van der Waals surface area contributed by atoms with E-state index in [1.54, 1.807) is 0 Å². The van der Waals surface area contributed by atoms with E-state index < -0.39 is 15.9 Å². The third-order valence-electron chi connectivity index (χ3n) is 6.19. The molecule has 152 valence electrons. The van der Waals surface area contributed by atoms with Crippen LogP contribution < -0.4 is 5.32 Å². The Hall–Kier alpha value is -1.48. The highest BCUT2D eigenvalue weighted by molar-refractivity contribution is 7.91. The van der Waals surface area contributed by atoms with Crippen LogP contribution in [0.25, 0.3) is 0 Å². The number of hydrogen-bond acceptors (Lipinski definition) is 6. The molecule has 0 unspecified atom stereocenters. The second-order valence-corrected chi connectivity index (χ2v) is 10.4. The van der Waals surface area contributed by atoms with Crippen molar-refractivity contribution in [3.8, 4) is 0 Å². The Morgan fingerprint density at radius 3 is 2.56 bits per heavy atom. The molecule has 9 heteroatoms. The number of nitrogens with one attached hydrogen (secondary N) is 1. The minimum atomic E-state index is -3.12. The van der Waals surface area contributed by atoms with Gasteiger partial charge in [0.1, 0.15) is 5.71 Å². The highest BCUT2D eigenvalue weighted by Crippen LogP contribution is 2.31. The van der Waals surface area contributed by atoms with Crippen molar-refractivity contribution in [3.63, 3.8) is 0 Å². The molecule has 0 aromatic carbocycles. The molecule has 3 aliphatic rings. The number of hydrogen-bond donors (Lipinski definition) is 1. The summed E-state index contributed by atoms with van der Waals surface area (Å²) in [6.07, 6.45) is 6.54. The van der Waals surface area contributed by atoms with Crippen molar-refractivity contribution < 1.29 is 18.0 Å². The lowest BCUT2D eigenvalue weighted by atomic mass is 9.80. The van der Waals surface area contributed by atoms with Gasteiger partial charge in [-0.2, -0.15) is 5.10 Å². The number of hydrazone groups is 1. The van der Waals surface area contributed by atoms with Gasteiger partial charge in [0.2, 0.25) is 5.91 Å². The molecule has 1 aliphatic carbocycles. The smallest absolute Gasteiger partial charge is 0.267 e. The molecule has 1 saturated heterocycles. The molecular weight excluding hydrogens is 368 g/mol. The number of sulfone groups is 1. The van der Waals surface area contributed by atoms with Gasteiger partial charge in [-0.15, -0.1) is 0 Å². The van der Waals surface area contributed by atoms with Gasteiger partial charge >= 0.3 is 0 Å². The lowest BCUT2D eigenvalue weighted by Gasteiger charge is -2.43. The first kappa shape index (κ1) is 20.3. The Morgan fingerprint density at radius 2 is 1.96 bits per heavy atom. The number of carbonyl (C=O) groups excluding carboxylic acids is 2. The summed E-state index contributed by atoms with van der Waals surface area (Å²) in [6, 6.07) is -0.447. The molecule has 2 aliphatic heterocycles. The van der Waals surface area contributed by atoms with Gasteiger partial charge in [-0.3, -0.25) is 9.59 Å². The second-order valence-electron chi connectivity index (χ2n) is 8.20. The Balaban J connectivity index is 1.66. The van der Waals surface area contributed by atoms with Crippen molar-refractivity contribution in [1.29, 1.82) is 0 Å². The van der Waals surface area contributed by atoms with E-state index in [-0.39, 0.29) is 35.3 Å². The average Bonchev–Trinajstić information content (AvgIpc) is 3.00. The molecule has 2 heterocycles. The van der Waals surface area contributed by atoms with Crippen molar-refractivity contribution in [2.24, 2.45) is 5.10 Å². The first-order chi connectivity index (χ1) is 12.7. The van der Waals surface area contributed by atoms with Crippen LogP contribution >= 0.6 is 0 Å². The van der Waals surface area contributed by atoms with Gasteiger partial charge in [0.05, 0.1) is 17.5 Å². The molecule has 1 N–H and O–H groups in total. The number of nitrogens with zero attached hydrogens (tertiary/aromatic N) is 3. The van der Waals surface area contributed by atoms with Crippen LogP contribution in [0.1, 0.15) is 51.4 Å². The summed E-state index contributed by atoms with van der Waals surface area (Å²) in [5.41, 5.74) is 0.293. The quantitative estimate of drug-likeness (QED) is 0.728. The fourth-order valence-electron chi connectivity index (χ4n) is 4.33. The summed E-state index contributed by atoms with van der Waals surface area (Å²) in [5.74, 6) is -0.448.